The van der Waals surface area contributed by atoms with Gasteiger partial charge in [-0.25, -0.2) is 4.98 Å². The minimum absolute atomic E-state index is 0.417. The predicted octanol–water partition coefficient (Wildman–Crippen LogP) is 2.30. The summed E-state index contributed by atoms with van der Waals surface area (Å²) in [6.45, 7) is 4.33. The van der Waals surface area contributed by atoms with Gasteiger partial charge in [0, 0.05) is 30.4 Å². The molecule has 106 valence electrons. The predicted molar refractivity (Wildman–Crippen MR) is 83.2 cm³/mol. The van der Waals surface area contributed by atoms with E-state index in [1.54, 1.807) is 0 Å². The highest BCUT2D eigenvalue weighted by atomic mass is 15.2. The number of nitrogens with zero attached hydrogens (tertiary/aromatic N) is 3. The first kappa shape index (κ1) is 12.6. The Morgan fingerprint density at radius 1 is 1.29 bits per heavy atom. The number of nitriles is 1. The van der Waals surface area contributed by atoms with E-state index in [9.17, 15) is 5.26 Å². The average Bonchev–Trinajstić information content (AvgIpc) is 3.17. The molecule has 0 radical (unpaired) electrons. The quantitative estimate of drug-likeness (QED) is 0.869. The number of pyridine rings is 1. The third kappa shape index (κ3) is 2.05. The van der Waals surface area contributed by atoms with Crippen LogP contribution in [0.1, 0.15) is 18.4 Å². The van der Waals surface area contributed by atoms with Gasteiger partial charge in [-0.2, -0.15) is 5.26 Å². The molecule has 0 saturated carbocycles. The van der Waals surface area contributed by atoms with Crippen LogP contribution in [-0.2, 0) is 0 Å². The van der Waals surface area contributed by atoms with Crippen LogP contribution in [0.25, 0.3) is 10.9 Å². The van der Waals surface area contributed by atoms with E-state index in [1.807, 2.05) is 30.3 Å². The van der Waals surface area contributed by atoms with Crippen molar-refractivity contribution < 1.29 is 0 Å². The van der Waals surface area contributed by atoms with E-state index in [0.29, 0.717) is 5.41 Å². The maximum absolute atomic E-state index is 9.40. The lowest BCUT2D eigenvalue weighted by Crippen LogP contribution is -2.29. The maximum Gasteiger partial charge on any atom is 0.130 e. The van der Waals surface area contributed by atoms with Gasteiger partial charge in [0.25, 0.3) is 0 Å². The third-order valence-electron chi connectivity index (χ3n) is 4.92. The van der Waals surface area contributed by atoms with Crippen LogP contribution in [0.5, 0.6) is 0 Å². The Kier molecular flexibility index (Phi) is 2.83. The standard InChI is InChI=1S/C17H18N4/c18-10-13-9-16(20-15-4-2-1-3-14(13)15)21-8-6-17(12-21)5-7-19-11-17/h1-4,9,19H,5-8,11-12H2. The second-order valence-electron chi connectivity index (χ2n) is 6.26. The van der Waals surface area contributed by atoms with Crippen molar-refractivity contribution in [3.8, 4) is 6.07 Å². The highest BCUT2D eigenvalue weighted by molar-refractivity contribution is 5.86. The van der Waals surface area contributed by atoms with E-state index in [-0.39, 0.29) is 0 Å². The molecule has 1 aromatic carbocycles. The monoisotopic (exact) mass is 278 g/mol. The average molecular weight is 278 g/mol. The van der Waals surface area contributed by atoms with Crippen molar-refractivity contribution in [3.05, 3.63) is 35.9 Å². The molecule has 4 heteroatoms. The van der Waals surface area contributed by atoms with Gasteiger partial charge in [0.05, 0.1) is 17.1 Å². The van der Waals surface area contributed by atoms with Gasteiger partial charge in [-0.1, -0.05) is 18.2 Å². The van der Waals surface area contributed by atoms with Gasteiger partial charge in [-0.15, -0.1) is 0 Å². The molecule has 4 rings (SSSR count). The van der Waals surface area contributed by atoms with Gasteiger partial charge >= 0.3 is 0 Å². The molecule has 1 atom stereocenters. The Labute approximate surface area is 124 Å². The lowest BCUT2D eigenvalue weighted by molar-refractivity contribution is 0.369. The molecular formula is C17H18N4. The smallest absolute Gasteiger partial charge is 0.130 e. The van der Waals surface area contributed by atoms with E-state index in [2.05, 4.69) is 16.3 Å². The normalized spacial score (nSPS) is 24.8. The van der Waals surface area contributed by atoms with Gasteiger partial charge in [0.1, 0.15) is 5.82 Å². The zero-order chi connectivity index (χ0) is 14.3. The minimum atomic E-state index is 0.417. The summed E-state index contributed by atoms with van der Waals surface area (Å²) in [4.78, 5) is 7.12. The fraction of sp³-hybridized carbons (Fsp3) is 0.412. The molecular weight excluding hydrogens is 260 g/mol. The molecule has 1 spiro atoms. The molecule has 1 aromatic heterocycles. The summed E-state index contributed by atoms with van der Waals surface area (Å²) in [5.41, 5.74) is 2.05. The van der Waals surface area contributed by atoms with Crippen molar-refractivity contribution >= 4 is 16.7 Å². The number of hydrogen-bond acceptors (Lipinski definition) is 4. The molecule has 2 aromatic rings. The van der Waals surface area contributed by atoms with Crippen LogP contribution < -0.4 is 10.2 Å². The van der Waals surface area contributed by atoms with Crippen LogP contribution in [0.4, 0.5) is 5.82 Å². The van der Waals surface area contributed by atoms with Crippen LogP contribution in [0.2, 0.25) is 0 Å². The first-order valence-corrected chi connectivity index (χ1v) is 7.55. The zero-order valence-electron chi connectivity index (χ0n) is 12.0. The van der Waals surface area contributed by atoms with Crippen LogP contribution in [0.15, 0.2) is 30.3 Å². The summed E-state index contributed by atoms with van der Waals surface area (Å²) in [5.74, 6) is 0.953. The van der Waals surface area contributed by atoms with Crippen LogP contribution >= 0.6 is 0 Å². The number of hydrogen-bond donors (Lipinski definition) is 1. The third-order valence-corrected chi connectivity index (χ3v) is 4.92. The summed E-state index contributed by atoms with van der Waals surface area (Å²) in [6, 6.07) is 12.2. The topological polar surface area (TPSA) is 52.0 Å². The van der Waals surface area contributed by atoms with E-state index in [1.165, 1.54) is 12.8 Å². The number of nitrogens with one attached hydrogen (secondary N) is 1. The Morgan fingerprint density at radius 3 is 3.00 bits per heavy atom. The fourth-order valence-electron chi connectivity index (χ4n) is 3.69. The molecule has 2 fully saturated rings. The van der Waals surface area contributed by atoms with Crippen molar-refractivity contribution in [1.82, 2.24) is 10.3 Å². The highest BCUT2D eigenvalue weighted by Crippen LogP contribution is 2.38. The lowest BCUT2D eigenvalue weighted by Gasteiger charge is -2.23. The van der Waals surface area contributed by atoms with Gasteiger partial charge in [0.2, 0.25) is 0 Å². The minimum Gasteiger partial charge on any atom is -0.356 e. The molecule has 4 nitrogen and oxygen atoms in total. The summed E-state index contributed by atoms with van der Waals surface area (Å²) >= 11 is 0. The van der Waals surface area contributed by atoms with Crippen molar-refractivity contribution in [2.75, 3.05) is 31.1 Å². The molecule has 1 N–H and O–H groups in total. The molecule has 0 amide bonds. The highest BCUT2D eigenvalue weighted by Gasteiger charge is 2.40. The maximum atomic E-state index is 9.40. The first-order chi connectivity index (χ1) is 10.3. The van der Waals surface area contributed by atoms with E-state index in [0.717, 1.165) is 48.5 Å². The number of aromatic nitrogens is 1. The van der Waals surface area contributed by atoms with Crippen molar-refractivity contribution in [2.24, 2.45) is 5.41 Å². The molecule has 2 aliphatic rings. The number of fused-ring (bicyclic) bond motifs is 1. The number of para-hydroxylation sites is 1. The van der Waals surface area contributed by atoms with Crippen LogP contribution in [0, 0.1) is 16.7 Å². The van der Waals surface area contributed by atoms with Gasteiger partial charge < -0.3 is 10.2 Å². The van der Waals surface area contributed by atoms with E-state index in [4.69, 9.17) is 4.98 Å². The lowest BCUT2D eigenvalue weighted by atomic mass is 9.87. The SMILES string of the molecule is N#Cc1cc(N2CCC3(CCNC3)C2)nc2ccccc12. The molecule has 21 heavy (non-hydrogen) atoms. The fourth-order valence-corrected chi connectivity index (χ4v) is 3.69. The van der Waals surface area contributed by atoms with Gasteiger partial charge in [-0.05, 0) is 31.5 Å². The largest absolute Gasteiger partial charge is 0.356 e. The first-order valence-electron chi connectivity index (χ1n) is 7.55. The Balaban J connectivity index is 1.73. The molecule has 2 aliphatic heterocycles. The molecule has 0 bridgehead atoms. The Morgan fingerprint density at radius 2 is 2.19 bits per heavy atom. The zero-order valence-corrected chi connectivity index (χ0v) is 12.0. The van der Waals surface area contributed by atoms with E-state index < -0.39 is 0 Å². The van der Waals surface area contributed by atoms with Gasteiger partial charge in [0.15, 0.2) is 0 Å². The number of rotatable bonds is 1. The van der Waals surface area contributed by atoms with Crippen molar-refractivity contribution in [2.45, 2.75) is 12.8 Å². The second-order valence-corrected chi connectivity index (χ2v) is 6.26. The summed E-state index contributed by atoms with van der Waals surface area (Å²) < 4.78 is 0. The van der Waals surface area contributed by atoms with Crippen LogP contribution in [0.3, 0.4) is 0 Å². The van der Waals surface area contributed by atoms with Crippen LogP contribution in [-0.4, -0.2) is 31.2 Å². The van der Waals surface area contributed by atoms with E-state index >= 15 is 0 Å². The Hall–Kier alpha value is -2.12. The summed E-state index contributed by atoms with van der Waals surface area (Å²) in [7, 11) is 0. The number of benzene rings is 1. The van der Waals surface area contributed by atoms with Crippen molar-refractivity contribution in [1.29, 1.82) is 5.26 Å². The molecule has 2 saturated heterocycles. The summed E-state index contributed by atoms with van der Waals surface area (Å²) in [6.07, 6.45) is 2.47. The molecule has 3 heterocycles. The summed E-state index contributed by atoms with van der Waals surface area (Å²) in [5, 5.41) is 13.8. The number of anilines is 1. The molecule has 0 aliphatic carbocycles. The second kappa shape index (κ2) is 4.71. The van der Waals surface area contributed by atoms with Gasteiger partial charge in [-0.3, -0.25) is 0 Å². The Bertz CT molecular complexity index is 725. The molecule has 1 unspecified atom stereocenters. The van der Waals surface area contributed by atoms with Crippen molar-refractivity contribution in [3.63, 3.8) is 0 Å².